The van der Waals surface area contributed by atoms with E-state index in [1.807, 2.05) is 61.5 Å². The zero-order valence-corrected chi connectivity index (χ0v) is 21.0. The number of piperidine rings is 1. The number of nitrogens with one attached hydrogen (secondary N) is 2. The molecule has 2 heterocycles. The third-order valence-electron chi connectivity index (χ3n) is 5.99. The number of carbonyl (C=O) groups excluding carboxylic acids is 1. The summed E-state index contributed by atoms with van der Waals surface area (Å²) in [4.78, 5) is 25.9. The van der Waals surface area contributed by atoms with Crippen LogP contribution in [-0.4, -0.2) is 72.6 Å². The third kappa shape index (κ3) is 6.60. The van der Waals surface area contributed by atoms with Gasteiger partial charge >= 0.3 is 0 Å². The number of ether oxygens (including phenoxy) is 1. The highest BCUT2D eigenvalue weighted by molar-refractivity contribution is 6.03. The number of anilines is 3. The maximum absolute atomic E-state index is 12.7. The minimum Gasteiger partial charge on any atom is -0.488 e. The largest absolute Gasteiger partial charge is 0.488 e. The maximum atomic E-state index is 12.7. The van der Waals surface area contributed by atoms with Gasteiger partial charge in [-0.2, -0.15) is 0 Å². The van der Waals surface area contributed by atoms with Crippen LogP contribution in [0.1, 0.15) is 18.4 Å². The lowest BCUT2D eigenvalue weighted by Crippen LogP contribution is -2.35. The highest BCUT2D eigenvalue weighted by atomic mass is 16.5. The molecule has 1 saturated heterocycles. The number of nitrogens with zero attached hydrogens (tertiary/aromatic N) is 4. The van der Waals surface area contributed by atoms with E-state index in [2.05, 4.69) is 38.5 Å². The lowest BCUT2D eigenvalue weighted by atomic mass is 10.1. The average Bonchev–Trinajstić information content (AvgIpc) is 2.86. The molecular weight excluding hydrogens is 452 g/mol. The molecule has 2 aromatic carbocycles. The van der Waals surface area contributed by atoms with E-state index in [0.717, 1.165) is 42.6 Å². The summed E-state index contributed by atoms with van der Waals surface area (Å²) in [5, 5.41) is 7.08. The summed E-state index contributed by atoms with van der Waals surface area (Å²) in [5.41, 5.74) is 2.87. The van der Waals surface area contributed by atoms with Crippen molar-refractivity contribution in [3.8, 4) is 18.1 Å². The number of carbonyl (C=O) groups is 1. The second-order valence-corrected chi connectivity index (χ2v) is 9.21. The Morgan fingerprint density at radius 2 is 2.06 bits per heavy atom. The highest BCUT2D eigenvalue weighted by Crippen LogP contribution is 2.35. The van der Waals surface area contributed by atoms with Gasteiger partial charge in [0.2, 0.25) is 5.91 Å². The Hall–Kier alpha value is -3.93. The van der Waals surface area contributed by atoms with E-state index >= 15 is 0 Å². The van der Waals surface area contributed by atoms with E-state index in [0.29, 0.717) is 29.3 Å². The fraction of sp³-hybridized carbons (Fsp3) is 0.321. The first-order valence-corrected chi connectivity index (χ1v) is 12.0. The maximum Gasteiger partial charge on any atom is 0.248 e. The number of benzene rings is 2. The van der Waals surface area contributed by atoms with Gasteiger partial charge in [0, 0.05) is 48.4 Å². The van der Waals surface area contributed by atoms with Gasteiger partial charge in [-0.05, 0) is 58.3 Å². The number of amides is 1. The second kappa shape index (κ2) is 11.7. The molecule has 0 radical (unpaired) electrons. The Labute approximate surface area is 212 Å². The fourth-order valence-electron chi connectivity index (χ4n) is 4.03. The molecule has 1 aliphatic heterocycles. The molecule has 36 heavy (non-hydrogen) atoms. The van der Waals surface area contributed by atoms with Gasteiger partial charge in [0.1, 0.15) is 24.0 Å². The summed E-state index contributed by atoms with van der Waals surface area (Å²) >= 11 is 0. The Balaban J connectivity index is 1.67. The predicted octanol–water partition coefficient (Wildman–Crippen LogP) is 3.88. The van der Waals surface area contributed by atoms with Crippen LogP contribution in [0.3, 0.4) is 0 Å². The molecule has 0 aliphatic carbocycles. The third-order valence-corrected chi connectivity index (χ3v) is 5.99. The molecule has 1 amide bonds. The van der Waals surface area contributed by atoms with Crippen LogP contribution >= 0.6 is 0 Å². The van der Waals surface area contributed by atoms with Crippen molar-refractivity contribution in [1.82, 2.24) is 19.8 Å². The number of rotatable bonds is 8. The number of fused-ring (bicyclic) bond motifs is 1. The van der Waals surface area contributed by atoms with Crippen molar-refractivity contribution >= 4 is 34.0 Å². The molecule has 1 aromatic heterocycles. The summed E-state index contributed by atoms with van der Waals surface area (Å²) in [6, 6.07) is 11.3. The fourth-order valence-corrected chi connectivity index (χ4v) is 4.03. The molecule has 3 aromatic rings. The lowest BCUT2D eigenvalue weighted by molar-refractivity contribution is -0.111. The van der Waals surface area contributed by atoms with Crippen LogP contribution in [0.15, 0.2) is 54.9 Å². The molecule has 8 heteroatoms. The SMILES string of the molecule is C#Cc1cccc(Nc2ncnc3cc(OC4CCN(C)CC4)c(NC(=O)C=CCN(C)C)cc23)c1. The Morgan fingerprint density at radius 3 is 2.81 bits per heavy atom. The monoisotopic (exact) mass is 484 g/mol. The van der Waals surface area contributed by atoms with Crippen LogP contribution in [0.4, 0.5) is 17.2 Å². The molecule has 4 rings (SSSR count). The smallest absolute Gasteiger partial charge is 0.248 e. The molecule has 186 valence electrons. The second-order valence-electron chi connectivity index (χ2n) is 9.21. The molecule has 0 saturated carbocycles. The quantitative estimate of drug-likeness (QED) is 0.371. The molecule has 1 fully saturated rings. The number of likely N-dealkylation sites (N-methyl/N-ethyl adjacent to an activating group) is 1. The van der Waals surface area contributed by atoms with Gasteiger partial charge in [0.25, 0.3) is 0 Å². The van der Waals surface area contributed by atoms with Crippen molar-refractivity contribution in [3.63, 3.8) is 0 Å². The Bertz CT molecular complexity index is 1290. The van der Waals surface area contributed by atoms with Crippen LogP contribution < -0.4 is 15.4 Å². The summed E-state index contributed by atoms with van der Waals surface area (Å²) < 4.78 is 6.40. The first-order valence-electron chi connectivity index (χ1n) is 12.0. The molecule has 0 bridgehead atoms. The predicted molar refractivity (Wildman–Crippen MR) is 145 cm³/mol. The first-order chi connectivity index (χ1) is 17.4. The van der Waals surface area contributed by atoms with Gasteiger partial charge < -0.3 is 25.2 Å². The van der Waals surface area contributed by atoms with Crippen LogP contribution in [0.2, 0.25) is 0 Å². The summed E-state index contributed by atoms with van der Waals surface area (Å²) in [6.07, 6.45) is 12.3. The van der Waals surface area contributed by atoms with Crippen molar-refractivity contribution in [2.24, 2.45) is 0 Å². The minimum absolute atomic E-state index is 0.0736. The molecular formula is C28H32N6O2. The van der Waals surface area contributed by atoms with Gasteiger partial charge in [-0.3, -0.25) is 4.79 Å². The first kappa shape index (κ1) is 25.2. The normalized spacial score (nSPS) is 14.8. The van der Waals surface area contributed by atoms with E-state index in [1.54, 1.807) is 0 Å². The molecule has 1 aliphatic rings. The van der Waals surface area contributed by atoms with Gasteiger partial charge in [-0.1, -0.05) is 18.1 Å². The Kier molecular flexibility index (Phi) is 8.16. The molecule has 2 N–H and O–H groups in total. The number of hydrogen-bond acceptors (Lipinski definition) is 7. The van der Waals surface area contributed by atoms with Crippen LogP contribution in [-0.2, 0) is 4.79 Å². The van der Waals surface area contributed by atoms with Crippen LogP contribution in [0.5, 0.6) is 5.75 Å². The number of likely N-dealkylation sites (tertiary alicyclic amines) is 1. The summed E-state index contributed by atoms with van der Waals surface area (Å²) in [6.45, 7) is 2.61. The number of aromatic nitrogens is 2. The van der Waals surface area contributed by atoms with E-state index in [-0.39, 0.29) is 12.0 Å². The Morgan fingerprint density at radius 1 is 1.25 bits per heavy atom. The van der Waals surface area contributed by atoms with E-state index in [9.17, 15) is 4.79 Å². The minimum atomic E-state index is -0.225. The summed E-state index contributed by atoms with van der Waals surface area (Å²) in [7, 11) is 6.02. The van der Waals surface area contributed by atoms with E-state index in [1.165, 1.54) is 12.4 Å². The van der Waals surface area contributed by atoms with Crippen LogP contribution in [0.25, 0.3) is 10.9 Å². The molecule has 0 unspecified atom stereocenters. The standard InChI is InChI=1S/C28H32N6O2/c1-5-20-8-6-9-21(16-20)31-28-23-17-25(32-27(35)10-7-13-33(2)3)26(18-24(23)29-19-30-28)36-22-11-14-34(4)15-12-22/h1,6-10,16-19,22H,11-15H2,2-4H3,(H,32,35)(H,29,30,31). The zero-order valence-electron chi connectivity index (χ0n) is 21.0. The van der Waals surface area contributed by atoms with Crippen molar-refractivity contribution in [2.45, 2.75) is 18.9 Å². The topological polar surface area (TPSA) is 82.6 Å². The van der Waals surface area contributed by atoms with E-state index < -0.39 is 0 Å². The molecule has 8 nitrogen and oxygen atoms in total. The van der Waals surface area contributed by atoms with Crippen LogP contribution in [0, 0.1) is 12.3 Å². The van der Waals surface area contributed by atoms with Crippen molar-refractivity contribution < 1.29 is 9.53 Å². The average molecular weight is 485 g/mol. The van der Waals surface area contributed by atoms with E-state index in [4.69, 9.17) is 11.2 Å². The number of terminal acetylenes is 1. The highest BCUT2D eigenvalue weighted by Gasteiger charge is 2.21. The van der Waals surface area contributed by atoms with Gasteiger partial charge in [0.05, 0.1) is 11.2 Å². The zero-order chi connectivity index (χ0) is 25.5. The summed E-state index contributed by atoms with van der Waals surface area (Å²) in [5.74, 6) is 3.63. The van der Waals surface area contributed by atoms with Crippen molar-refractivity contribution in [1.29, 1.82) is 0 Å². The van der Waals surface area contributed by atoms with Gasteiger partial charge in [-0.25, -0.2) is 9.97 Å². The number of hydrogen-bond donors (Lipinski definition) is 2. The van der Waals surface area contributed by atoms with Gasteiger partial charge in [0.15, 0.2) is 0 Å². The molecule has 0 atom stereocenters. The van der Waals surface area contributed by atoms with Gasteiger partial charge in [-0.15, -0.1) is 6.42 Å². The van der Waals surface area contributed by atoms with Crippen molar-refractivity contribution in [3.05, 3.63) is 60.4 Å². The molecule has 0 spiro atoms. The van der Waals surface area contributed by atoms with Crippen molar-refractivity contribution in [2.75, 3.05) is 51.4 Å². The lowest BCUT2D eigenvalue weighted by Gasteiger charge is -2.30.